The van der Waals surface area contributed by atoms with Crippen molar-refractivity contribution < 1.29 is 15.1 Å². The molecule has 120 valence electrons. The van der Waals surface area contributed by atoms with E-state index in [-0.39, 0.29) is 22.7 Å². The number of nitro benzene ring substituents is 1. The van der Waals surface area contributed by atoms with Crippen LogP contribution in [0.25, 0.3) is 0 Å². The number of phenolic OH excluding ortho intramolecular Hbond substituents is 1. The zero-order chi connectivity index (χ0) is 17.0. The highest BCUT2D eigenvalue weighted by atomic mass is 16.6. The molecule has 1 N–H and O–H groups in total. The number of phenols is 1. The van der Waals surface area contributed by atoms with Crippen LogP contribution in [0.5, 0.6) is 11.5 Å². The summed E-state index contributed by atoms with van der Waals surface area (Å²) in [5, 5.41) is 32.4. The van der Waals surface area contributed by atoms with Crippen LogP contribution in [0.4, 0.5) is 11.4 Å². The van der Waals surface area contributed by atoms with Gasteiger partial charge in [-0.25, -0.2) is 0 Å². The molecule has 0 amide bonds. The monoisotopic (exact) mass is 313 g/mol. The smallest absolute Gasteiger partial charge is 0.270 e. The summed E-state index contributed by atoms with van der Waals surface area (Å²) < 4.78 is 0. The van der Waals surface area contributed by atoms with E-state index in [0.29, 0.717) is 11.6 Å². The molecular formula is C17H17N2O4-. The average molecular weight is 313 g/mol. The fourth-order valence-corrected chi connectivity index (χ4v) is 2.08. The van der Waals surface area contributed by atoms with Gasteiger partial charge in [0.05, 0.1) is 4.92 Å². The Morgan fingerprint density at radius 2 is 2.04 bits per heavy atom. The van der Waals surface area contributed by atoms with Crippen molar-refractivity contribution in [2.24, 2.45) is 4.99 Å². The van der Waals surface area contributed by atoms with Crippen molar-refractivity contribution in [2.45, 2.75) is 26.2 Å². The van der Waals surface area contributed by atoms with E-state index in [4.69, 9.17) is 0 Å². The van der Waals surface area contributed by atoms with Crippen LogP contribution < -0.4 is 5.11 Å². The molecule has 0 aliphatic rings. The van der Waals surface area contributed by atoms with Crippen molar-refractivity contribution in [1.29, 1.82) is 0 Å². The second kappa shape index (κ2) is 6.91. The van der Waals surface area contributed by atoms with E-state index < -0.39 is 4.92 Å². The van der Waals surface area contributed by atoms with Crippen LogP contribution in [0.1, 0.15) is 37.3 Å². The molecule has 0 saturated heterocycles. The van der Waals surface area contributed by atoms with E-state index in [1.165, 1.54) is 12.3 Å². The van der Waals surface area contributed by atoms with Gasteiger partial charge in [0, 0.05) is 18.3 Å². The Morgan fingerprint density at radius 1 is 1.30 bits per heavy atom. The molecule has 2 rings (SSSR count). The van der Waals surface area contributed by atoms with Crippen molar-refractivity contribution in [3.63, 3.8) is 0 Å². The van der Waals surface area contributed by atoms with Gasteiger partial charge in [0.15, 0.2) is 0 Å². The van der Waals surface area contributed by atoms with Gasteiger partial charge in [0.25, 0.3) is 5.69 Å². The Balaban J connectivity index is 2.37. The minimum atomic E-state index is -0.572. The number of nitro groups is 1. The van der Waals surface area contributed by atoms with Gasteiger partial charge >= 0.3 is 0 Å². The van der Waals surface area contributed by atoms with Crippen LogP contribution in [0.2, 0.25) is 0 Å². The molecule has 0 radical (unpaired) electrons. The topological polar surface area (TPSA) is 98.8 Å². The third-order valence-electron chi connectivity index (χ3n) is 3.73. The second-order valence-electron chi connectivity index (χ2n) is 5.29. The molecule has 0 spiro atoms. The van der Waals surface area contributed by atoms with Gasteiger partial charge in [-0.05, 0) is 35.6 Å². The summed E-state index contributed by atoms with van der Waals surface area (Å²) in [7, 11) is 0. The van der Waals surface area contributed by atoms with Crippen molar-refractivity contribution in [2.75, 3.05) is 0 Å². The van der Waals surface area contributed by atoms with Gasteiger partial charge in [0.2, 0.25) is 0 Å². The van der Waals surface area contributed by atoms with Crippen LogP contribution in [-0.4, -0.2) is 16.2 Å². The number of hydrogen-bond donors (Lipinski definition) is 1. The molecule has 2 aromatic rings. The van der Waals surface area contributed by atoms with Crippen LogP contribution >= 0.6 is 0 Å². The quantitative estimate of drug-likeness (QED) is 0.517. The number of nitrogens with zero attached hydrogens (tertiary/aromatic N) is 2. The summed E-state index contributed by atoms with van der Waals surface area (Å²) >= 11 is 0. The molecule has 0 aromatic heterocycles. The van der Waals surface area contributed by atoms with Gasteiger partial charge in [-0.2, -0.15) is 0 Å². The molecule has 2 aromatic carbocycles. The van der Waals surface area contributed by atoms with Gasteiger partial charge < -0.3 is 10.2 Å². The fourth-order valence-electron chi connectivity index (χ4n) is 2.08. The average Bonchev–Trinajstić information content (AvgIpc) is 2.54. The minimum Gasteiger partial charge on any atom is -0.872 e. The number of benzene rings is 2. The molecular weight excluding hydrogens is 296 g/mol. The molecule has 0 saturated carbocycles. The number of aliphatic imine (C=N–C) groups is 1. The Hall–Kier alpha value is -2.89. The normalized spacial score (nSPS) is 12.4. The first kappa shape index (κ1) is 16.5. The number of rotatable bonds is 5. The van der Waals surface area contributed by atoms with Crippen molar-refractivity contribution >= 4 is 17.6 Å². The summed E-state index contributed by atoms with van der Waals surface area (Å²) in [5.41, 5.74) is 1.28. The lowest BCUT2D eigenvalue weighted by Crippen LogP contribution is -1.98. The summed E-state index contributed by atoms with van der Waals surface area (Å²) in [6.07, 6.45) is 2.19. The molecule has 0 unspecified atom stereocenters. The molecule has 0 bridgehead atoms. The predicted molar refractivity (Wildman–Crippen MR) is 86.6 cm³/mol. The first-order valence-corrected chi connectivity index (χ1v) is 7.24. The lowest BCUT2D eigenvalue weighted by atomic mass is 9.98. The van der Waals surface area contributed by atoms with E-state index >= 15 is 0 Å². The SMILES string of the molecule is CC[C@H](C)c1ccc(O)c(N=Cc2cc([N+](=O)[O-])ccc2[O-])c1. The van der Waals surface area contributed by atoms with Gasteiger partial charge in [-0.1, -0.05) is 31.7 Å². The van der Waals surface area contributed by atoms with Crippen LogP contribution in [-0.2, 0) is 0 Å². The van der Waals surface area contributed by atoms with Gasteiger partial charge in [0.1, 0.15) is 11.4 Å². The van der Waals surface area contributed by atoms with Gasteiger partial charge in [-0.15, -0.1) is 0 Å². The summed E-state index contributed by atoms with van der Waals surface area (Å²) in [5.74, 6) is -0.0551. The second-order valence-corrected chi connectivity index (χ2v) is 5.29. The van der Waals surface area contributed by atoms with Crippen molar-refractivity contribution in [3.8, 4) is 11.5 Å². The summed E-state index contributed by atoms with van der Waals surface area (Å²) in [6.45, 7) is 4.13. The molecule has 6 heteroatoms. The van der Waals surface area contributed by atoms with Crippen molar-refractivity contribution in [1.82, 2.24) is 0 Å². The highest BCUT2D eigenvalue weighted by Crippen LogP contribution is 2.31. The highest BCUT2D eigenvalue weighted by molar-refractivity contribution is 5.86. The maximum Gasteiger partial charge on any atom is 0.270 e. The number of non-ortho nitro benzene ring substituents is 1. The first-order chi connectivity index (χ1) is 10.9. The molecule has 6 nitrogen and oxygen atoms in total. The number of aromatic hydroxyl groups is 1. The maximum atomic E-state index is 11.7. The molecule has 0 heterocycles. The summed E-state index contributed by atoms with van der Waals surface area (Å²) in [4.78, 5) is 14.3. The highest BCUT2D eigenvalue weighted by Gasteiger charge is 2.08. The standard InChI is InChI=1S/C17H18N2O4/c1-3-11(2)12-4-6-17(21)15(9-12)18-10-13-8-14(19(22)23)5-7-16(13)20/h4-11,20-21H,3H2,1-2H3/p-1/t11-/m0/s1. The lowest BCUT2D eigenvalue weighted by Gasteiger charge is -2.11. The Morgan fingerprint density at radius 3 is 2.70 bits per heavy atom. The Bertz CT molecular complexity index is 756. The van der Waals surface area contributed by atoms with Crippen LogP contribution in [0, 0.1) is 10.1 Å². The first-order valence-electron chi connectivity index (χ1n) is 7.24. The van der Waals surface area contributed by atoms with E-state index in [1.807, 2.05) is 6.07 Å². The molecule has 0 aliphatic carbocycles. The van der Waals surface area contributed by atoms with Crippen molar-refractivity contribution in [3.05, 3.63) is 57.6 Å². The van der Waals surface area contributed by atoms with E-state index in [0.717, 1.165) is 24.1 Å². The zero-order valence-electron chi connectivity index (χ0n) is 12.9. The fraction of sp³-hybridized carbons (Fsp3) is 0.235. The van der Waals surface area contributed by atoms with Gasteiger partial charge in [-0.3, -0.25) is 15.1 Å². The summed E-state index contributed by atoms with van der Waals surface area (Å²) in [6, 6.07) is 8.59. The largest absolute Gasteiger partial charge is 0.872 e. The van der Waals surface area contributed by atoms with Crippen LogP contribution in [0.15, 0.2) is 41.4 Å². The lowest BCUT2D eigenvalue weighted by molar-refractivity contribution is -0.385. The van der Waals surface area contributed by atoms with E-state index in [2.05, 4.69) is 18.8 Å². The minimum absolute atomic E-state index is 0.00816. The molecule has 0 aliphatic heterocycles. The molecule has 23 heavy (non-hydrogen) atoms. The Kier molecular flexibility index (Phi) is 4.95. The Labute approximate surface area is 133 Å². The predicted octanol–water partition coefficient (Wildman–Crippen LogP) is 3.64. The van der Waals surface area contributed by atoms with E-state index in [1.54, 1.807) is 12.1 Å². The maximum absolute atomic E-state index is 11.7. The van der Waals surface area contributed by atoms with E-state index in [9.17, 15) is 20.3 Å². The third-order valence-corrected chi connectivity index (χ3v) is 3.73. The van der Waals surface area contributed by atoms with Crippen LogP contribution in [0.3, 0.4) is 0 Å². The zero-order valence-corrected chi connectivity index (χ0v) is 12.9. The third kappa shape index (κ3) is 3.85. The molecule has 1 atom stereocenters. The molecule has 0 fully saturated rings. The number of hydrogen-bond acceptors (Lipinski definition) is 5.